The van der Waals surface area contributed by atoms with Crippen LogP contribution in [0.1, 0.15) is 11.1 Å². The van der Waals surface area contributed by atoms with Gasteiger partial charge in [-0.05, 0) is 29.3 Å². The van der Waals surface area contributed by atoms with E-state index >= 15 is 0 Å². The maximum absolute atomic E-state index is 14.0. The summed E-state index contributed by atoms with van der Waals surface area (Å²) in [7, 11) is 1.52. The van der Waals surface area contributed by atoms with Crippen LogP contribution in [-0.4, -0.2) is 87.9 Å². The number of amides is 5. The molecule has 12 nitrogen and oxygen atoms in total. The first kappa shape index (κ1) is 27.1. The van der Waals surface area contributed by atoms with Crippen LogP contribution in [-0.2, 0) is 27.3 Å². The molecule has 2 aliphatic heterocycles. The van der Waals surface area contributed by atoms with E-state index in [1.807, 2.05) is 30.3 Å². The Kier molecular flexibility index (Phi) is 7.67. The van der Waals surface area contributed by atoms with E-state index in [0.717, 1.165) is 21.3 Å². The summed E-state index contributed by atoms with van der Waals surface area (Å²) in [6, 6.07) is 11.7. The highest BCUT2D eigenvalue weighted by Gasteiger charge is 2.52. The molecule has 3 heterocycles. The number of urea groups is 1. The van der Waals surface area contributed by atoms with Crippen molar-refractivity contribution in [2.24, 2.45) is 0 Å². The Morgan fingerprint density at radius 1 is 1.25 bits per heavy atom. The zero-order chi connectivity index (χ0) is 28.4. The van der Waals surface area contributed by atoms with E-state index in [2.05, 4.69) is 22.2 Å². The molecule has 4 N–H and O–H groups in total. The summed E-state index contributed by atoms with van der Waals surface area (Å²) >= 11 is 1.38. The first-order valence-corrected chi connectivity index (χ1v) is 13.6. The number of para-hydroxylation sites is 1. The highest BCUT2D eigenvalue weighted by atomic mass is 32.1. The lowest BCUT2D eigenvalue weighted by Crippen LogP contribution is -2.65. The van der Waals surface area contributed by atoms with Crippen LogP contribution in [0, 0.1) is 0 Å². The number of benzene rings is 2. The number of carbonyl (C=O) groups excluding carboxylic acids is 4. The Morgan fingerprint density at radius 3 is 2.73 bits per heavy atom. The largest absolute Gasteiger partial charge is 0.375 e. The number of hydrazine groups is 1. The molecule has 2 aliphatic rings. The van der Waals surface area contributed by atoms with E-state index in [1.54, 1.807) is 33.0 Å². The number of thiazole rings is 1. The number of piperazine rings is 1. The van der Waals surface area contributed by atoms with Gasteiger partial charge in [-0.1, -0.05) is 41.7 Å². The van der Waals surface area contributed by atoms with Gasteiger partial charge in [-0.2, -0.15) is 5.01 Å². The number of nitrogen functional groups attached to an aromatic ring is 1. The molecule has 208 valence electrons. The molecule has 2 fully saturated rings. The summed E-state index contributed by atoms with van der Waals surface area (Å²) < 4.78 is 0.927. The van der Waals surface area contributed by atoms with Crippen LogP contribution < -0.4 is 16.4 Å². The van der Waals surface area contributed by atoms with Crippen LogP contribution in [0.2, 0.25) is 0 Å². The van der Waals surface area contributed by atoms with Crippen LogP contribution >= 0.6 is 11.3 Å². The summed E-state index contributed by atoms with van der Waals surface area (Å²) in [4.78, 5) is 58.8. The van der Waals surface area contributed by atoms with Gasteiger partial charge in [-0.15, -0.1) is 6.58 Å². The molecule has 3 aromatic rings. The highest BCUT2D eigenvalue weighted by Crippen LogP contribution is 2.32. The minimum absolute atomic E-state index is 0.0516. The molecule has 5 rings (SSSR count). The van der Waals surface area contributed by atoms with Gasteiger partial charge in [-0.3, -0.25) is 19.4 Å². The summed E-state index contributed by atoms with van der Waals surface area (Å²) in [6.45, 7) is 4.37. The molecule has 5 amide bonds. The summed E-state index contributed by atoms with van der Waals surface area (Å²) in [5.41, 5.74) is 9.00. The fourth-order valence-electron chi connectivity index (χ4n) is 5.33. The monoisotopic (exact) mass is 562 g/mol. The van der Waals surface area contributed by atoms with Gasteiger partial charge < -0.3 is 26.2 Å². The predicted octanol–water partition coefficient (Wildman–Crippen LogP) is 1.61. The third kappa shape index (κ3) is 5.08. The van der Waals surface area contributed by atoms with Crippen LogP contribution in [0.15, 0.2) is 55.1 Å². The average Bonchev–Trinajstić information content (AvgIpc) is 3.49. The second-order valence-corrected chi connectivity index (χ2v) is 10.6. The lowest BCUT2D eigenvalue weighted by molar-refractivity contribution is -0.157. The molecular weight excluding hydrogens is 532 g/mol. The predicted molar refractivity (Wildman–Crippen MR) is 152 cm³/mol. The second-order valence-electron chi connectivity index (χ2n) is 9.52. The Balaban J connectivity index is 1.51. The summed E-state index contributed by atoms with van der Waals surface area (Å²) in [5, 5.41) is 8.81. The molecule has 40 heavy (non-hydrogen) atoms. The Hall–Kier alpha value is -4.49. The quantitative estimate of drug-likeness (QED) is 0.266. The summed E-state index contributed by atoms with van der Waals surface area (Å²) in [6.07, 6.45) is 1.89. The van der Waals surface area contributed by atoms with Gasteiger partial charge in [0.1, 0.15) is 12.2 Å². The van der Waals surface area contributed by atoms with Gasteiger partial charge in [0.15, 0.2) is 5.13 Å². The molecular formula is C27H30N8O4S. The number of aromatic nitrogens is 1. The number of rotatable bonds is 9. The van der Waals surface area contributed by atoms with Crippen LogP contribution in [0.3, 0.4) is 0 Å². The molecule has 13 heteroatoms. The van der Waals surface area contributed by atoms with Gasteiger partial charge >= 0.3 is 6.03 Å². The fourth-order valence-corrected chi connectivity index (χ4v) is 6.11. The van der Waals surface area contributed by atoms with Crippen LogP contribution in [0.5, 0.6) is 0 Å². The van der Waals surface area contributed by atoms with Crippen molar-refractivity contribution in [2.45, 2.75) is 25.2 Å². The lowest BCUT2D eigenvalue weighted by Gasteiger charge is -2.46. The normalized spacial score (nSPS) is 19.0. The molecule has 0 unspecified atom stereocenters. The first-order valence-electron chi connectivity index (χ1n) is 12.7. The van der Waals surface area contributed by atoms with Crippen LogP contribution in [0.4, 0.5) is 15.6 Å². The van der Waals surface area contributed by atoms with Crippen molar-refractivity contribution in [3.63, 3.8) is 0 Å². The van der Waals surface area contributed by atoms with Gasteiger partial charge in [0.25, 0.3) is 0 Å². The number of fused-ring (bicyclic) bond motifs is 2. The van der Waals surface area contributed by atoms with Crippen LogP contribution in [0.25, 0.3) is 10.2 Å². The van der Waals surface area contributed by atoms with Crippen molar-refractivity contribution in [1.29, 1.82) is 0 Å². The number of anilines is 2. The molecule has 0 saturated carbocycles. The van der Waals surface area contributed by atoms with E-state index in [4.69, 9.17) is 5.73 Å². The zero-order valence-corrected chi connectivity index (χ0v) is 22.8. The van der Waals surface area contributed by atoms with Gasteiger partial charge in [-0.25, -0.2) is 9.78 Å². The first-order chi connectivity index (χ1) is 19.3. The number of hydrogen-bond donors (Lipinski definition) is 3. The van der Waals surface area contributed by atoms with Gasteiger partial charge in [0, 0.05) is 25.7 Å². The minimum Gasteiger partial charge on any atom is -0.375 e. The maximum Gasteiger partial charge on any atom is 0.332 e. The molecule has 0 radical (unpaired) electrons. The molecule has 2 atom stereocenters. The van der Waals surface area contributed by atoms with Gasteiger partial charge in [0.2, 0.25) is 18.2 Å². The second kappa shape index (κ2) is 11.3. The topological polar surface area (TPSA) is 144 Å². The zero-order valence-electron chi connectivity index (χ0n) is 21.9. The molecule has 1 aromatic heterocycles. The Bertz CT molecular complexity index is 1460. The van der Waals surface area contributed by atoms with E-state index in [-0.39, 0.29) is 50.4 Å². The number of hydrogen-bond acceptors (Lipinski definition) is 8. The van der Waals surface area contributed by atoms with Gasteiger partial charge in [0.05, 0.1) is 29.9 Å². The van der Waals surface area contributed by atoms with Crippen molar-refractivity contribution >= 4 is 56.6 Å². The van der Waals surface area contributed by atoms with Crippen molar-refractivity contribution in [3.8, 4) is 0 Å². The average molecular weight is 563 g/mol. The third-order valence-corrected chi connectivity index (χ3v) is 7.97. The Labute approximate surface area is 235 Å². The minimum atomic E-state index is -0.795. The number of nitrogens with one attached hydrogen (secondary N) is 2. The number of nitrogens with two attached hydrogens (primary N) is 1. The molecule has 0 spiro atoms. The number of nitrogens with zero attached hydrogens (tertiary/aromatic N) is 5. The molecule has 2 aromatic carbocycles. The molecule has 2 saturated heterocycles. The Morgan fingerprint density at radius 2 is 2.02 bits per heavy atom. The van der Waals surface area contributed by atoms with Crippen molar-refractivity contribution in [3.05, 3.63) is 66.2 Å². The van der Waals surface area contributed by atoms with E-state index in [9.17, 15) is 19.2 Å². The number of carbonyl (C=O) groups is 4. The maximum atomic E-state index is 14.0. The van der Waals surface area contributed by atoms with Crippen molar-refractivity contribution in [2.75, 3.05) is 37.7 Å². The van der Waals surface area contributed by atoms with Crippen molar-refractivity contribution < 1.29 is 19.2 Å². The van der Waals surface area contributed by atoms with E-state index in [1.165, 1.54) is 23.4 Å². The fraction of sp³-hybridized carbons (Fsp3) is 0.296. The molecule has 0 bridgehead atoms. The van der Waals surface area contributed by atoms with E-state index < -0.39 is 12.2 Å². The van der Waals surface area contributed by atoms with Crippen molar-refractivity contribution in [1.82, 2.24) is 30.1 Å². The standard InChI is InChI=1S/C27H30N8O4S/c1-3-11-33(27(39)29-2)34-15-23(37)35-20(12-17-7-9-19(10-8-17)30-16-36)25(38)32(14-22(34)35)13-18-5-4-6-21-24(18)31-26(28)40-21/h3-10,16,20,22H,1,11-15H2,2H3,(H2,28,31)(H,29,39)(H,30,36)/t20-,22+/m0/s1. The lowest BCUT2D eigenvalue weighted by atomic mass is 9.99. The SMILES string of the molecule is C=CCN(C(=O)NC)N1CC(=O)N2[C@@H](Cc3ccc(NC=O)cc3)C(=O)N(Cc3cccc4sc(N)nc34)C[C@@H]21. The third-order valence-electron chi connectivity index (χ3n) is 7.12. The smallest absolute Gasteiger partial charge is 0.332 e. The molecule has 0 aliphatic carbocycles. The summed E-state index contributed by atoms with van der Waals surface area (Å²) in [5.74, 6) is -0.438. The highest BCUT2D eigenvalue weighted by molar-refractivity contribution is 7.22. The van der Waals surface area contributed by atoms with E-state index in [0.29, 0.717) is 17.2 Å².